The van der Waals surface area contributed by atoms with E-state index >= 15 is 0 Å². The monoisotopic (exact) mass is 390 g/mol. The topological polar surface area (TPSA) is 91.4 Å². The minimum Gasteiger partial charge on any atom is -0.477 e. The van der Waals surface area contributed by atoms with Crippen molar-refractivity contribution in [2.45, 2.75) is 13.0 Å². The van der Waals surface area contributed by atoms with E-state index in [4.69, 9.17) is 9.47 Å². The lowest BCUT2D eigenvalue weighted by atomic mass is 10.1. The highest BCUT2D eigenvalue weighted by Gasteiger charge is 2.32. The highest BCUT2D eigenvalue weighted by molar-refractivity contribution is 5.86. The number of benzene rings is 1. The Morgan fingerprint density at radius 1 is 1.14 bits per heavy atom. The van der Waals surface area contributed by atoms with Gasteiger partial charge in [0.15, 0.2) is 6.10 Å². The summed E-state index contributed by atoms with van der Waals surface area (Å²) in [5, 5.41) is 2.59. The highest BCUT2D eigenvalue weighted by Crippen LogP contribution is 2.33. The molecule has 0 bridgehead atoms. The van der Waals surface area contributed by atoms with E-state index in [1.54, 1.807) is 29.8 Å². The van der Waals surface area contributed by atoms with Crippen LogP contribution in [0, 0.1) is 0 Å². The molecule has 1 fully saturated rings. The average Bonchev–Trinajstić information content (AvgIpc) is 2.73. The van der Waals surface area contributed by atoms with Crippen LogP contribution in [0.3, 0.4) is 0 Å². The molecule has 0 aromatic heterocycles. The number of piperazine rings is 1. The highest BCUT2D eigenvalue weighted by atomic mass is 16.6. The third-order valence-electron chi connectivity index (χ3n) is 4.88. The molecule has 9 heteroatoms. The number of para-hydroxylation sites is 2. The number of fused-ring (bicyclic) bond motifs is 1. The third kappa shape index (κ3) is 4.29. The number of hydrogen-bond acceptors (Lipinski definition) is 6. The fourth-order valence-electron chi connectivity index (χ4n) is 3.37. The molecule has 9 nitrogen and oxygen atoms in total. The summed E-state index contributed by atoms with van der Waals surface area (Å²) in [7, 11) is 1.56. The Labute approximate surface area is 164 Å². The van der Waals surface area contributed by atoms with Crippen molar-refractivity contribution in [3.63, 3.8) is 0 Å². The number of likely N-dealkylation sites (N-methyl/N-ethyl adjacent to an activating group) is 1. The standard InChI is InChI=1S/C19H26N4O5/c1-3-27-19(26)22-10-8-21(9-11-22)17(24)13-23-12-16(18(25)20-2)28-15-7-5-4-6-14(15)23/h4-7,16H,3,8-13H2,1-2H3,(H,20,25)/t16-/m1/s1. The lowest BCUT2D eigenvalue weighted by Crippen LogP contribution is -2.55. The van der Waals surface area contributed by atoms with Crippen LogP contribution in [0.5, 0.6) is 5.75 Å². The van der Waals surface area contributed by atoms with Crippen molar-refractivity contribution in [1.82, 2.24) is 15.1 Å². The third-order valence-corrected chi connectivity index (χ3v) is 4.88. The van der Waals surface area contributed by atoms with Crippen LogP contribution in [0.2, 0.25) is 0 Å². The van der Waals surface area contributed by atoms with Crippen molar-refractivity contribution in [2.75, 3.05) is 57.8 Å². The van der Waals surface area contributed by atoms with Crippen LogP contribution < -0.4 is 15.0 Å². The van der Waals surface area contributed by atoms with Crippen molar-refractivity contribution in [3.8, 4) is 5.75 Å². The van der Waals surface area contributed by atoms with Crippen LogP contribution >= 0.6 is 0 Å². The molecule has 2 heterocycles. The summed E-state index contributed by atoms with van der Waals surface area (Å²) in [5.41, 5.74) is 0.793. The predicted octanol–water partition coefficient (Wildman–Crippen LogP) is 0.301. The van der Waals surface area contributed by atoms with Crippen LogP contribution in [0.15, 0.2) is 24.3 Å². The van der Waals surface area contributed by atoms with Crippen LogP contribution in [0.1, 0.15) is 6.92 Å². The summed E-state index contributed by atoms with van der Waals surface area (Å²) in [4.78, 5) is 41.9. The molecule has 152 valence electrons. The van der Waals surface area contributed by atoms with Gasteiger partial charge in [-0.05, 0) is 19.1 Å². The number of ether oxygens (including phenoxy) is 2. The van der Waals surface area contributed by atoms with E-state index in [1.807, 2.05) is 23.1 Å². The summed E-state index contributed by atoms with van der Waals surface area (Å²) in [6, 6.07) is 7.37. The van der Waals surface area contributed by atoms with E-state index < -0.39 is 6.10 Å². The van der Waals surface area contributed by atoms with Crippen molar-refractivity contribution in [1.29, 1.82) is 0 Å². The summed E-state index contributed by atoms with van der Waals surface area (Å²) in [6.45, 7) is 4.37. The second-order valence-electron chi connectivity index (χ2n) is 6.64. The predicted molar refractivity (Wildman–Crippen MR) is 102 cm³/mol. The second kappa shape index (κ2) is 8.81. The SMILES string of the molecule is CCOC(=O)N1CCN(C(=O)CN2C[C@H](C(=O)NC)Oc3ccccc32)CC1. The molecule has 1 N–H and O–H groups in total. The van der Waals surface area contributed by atoms with E-state index in [0.29, 0.717) is 45.1 Å². The zero-order valence-corrected chi connectivity index (χ0v) is 16.2. The van der Waals surface area contributed by atoms with Gasteiger partial charge in [-0.2, -0.15) is 0 Å². The van der Waals surface area contributed by atoms with Gasteiger partial charge in [0, 0.05) is 33.2 Å². The van der Waals surface area contributed by atoms with E-state index in [2.05, 4.69) is 5.32 Å². The molecule has 0 saturated carbocycles. The van der Waals surface area contributed by atoms with Crippen LogP contribution in [-0.4, -0.2) is 86.7 Å². The smallest absolute Gasteiger partial charge is 0.409 e. The number of nitrogens with one attached hydrogen (secondary N) is 1. The van der Waals surface area contributed by atoms with Crippen LogP contribution in [0.4, 0.5) is 10.5 Å². The van der Waals surface area contributed by atoms with Gasteiger partial charge in [-0.3, -0.25) is 9.59 Å². The Morgan fingerprint density at radius 3 is 2.50 bits per heavy atom. The van der Waals surface area contributed by atoms with Gasteiger partial charge in [0.25, 0.3) is 5.91 Å². The van der Waals surface area contributed by atoms with Crippen LogP contribution in [0.25, 0.3) is 0 Å². The van der Waals surface area contributed by atoms with Gasteiger partial charge in [-0.1, -0.05) is 12.1 Å². The molecule has 1 aromatic rings. The summed E-state index contributed by atoms with van der Waals surface area (Å²) >= 11 is 0. The molecule has 0 aliphatic carbocycles. The molecule has 0 unspecified atom stereocenters. The van der Waals surface area contributed by atoms with Gasteiger partial charge >= 0.3 is 6.09 Å². The molecular formula is C19H26N4O5. The lowest BCUT2D eigenvalue weighted by Gasteiger charge is -2.38. The average molecular weight is 390 g/mol. The molecule has 1 saturated heterocycles. The number of carbonyl (C=O) groups excluding carboxylic acids is 3. The van der Waals surface area contributed by atoms with Gasteiger partial charge < -0.3 is 29.5 Å². The number of carbonyl (C=O) groups is 3. The van der Waals surface area contributed by atoms with Gasteiger partial charge in [0.05, 0.1) is 25.4 Å². The quantitative estimate of drug-likeness (QED) is 0.795. The fourth-order valence-corrected chi connectivity index (χ4v) is 3.37. The Bertz CT molecular complexity index is 733. The molecule has 1 aromatic carbocycles. The maximum Gasteiger partial charge on any atom is 0.409 e. The first-order chi connectivity index (χ1) is 13.5. The van der Waals surface area contributed by atoms with E-state index in [0.717, 1.165) is 5.69 Å². The molecule has 0 spiro atoms. The Balaban J connectivity index is 1.63. The maximum atomic E-state index is 12.8. The lowest BCUT2D eigenvalue weighted by molar-refractivity contribution is -0.132. The second-order valence-corrected chi connectivity index (χ2v) is 6.64. The van der Waals surface area contributed by atoms with Gasteiger partial charge in [-0.25, -0.2) is 4.79 Å². The van der Waals surface area contributed by atoms with Gasteiger partial charge in [0.1, 0.15) is 5.75 Å². The van der Waals surface area contributed by atoms with Crippen molar-refractivity contribution in [3.05, 3.63) is 24.3 Å². The first kappa shape index (κ1) is 19.8. The van der Waals surface area contributed by atoms with E-state index in [-0.39, 0.29) is 24.5 Å². The first-order valence-electron chi connectivity index (χ1n) is 9.45. The van der Waals surface area contributed by atoms with Crippen molar-refractivity contribution in [2.24, 2.45) is 0 Å². The summed E-state index contributed by atoms with van der Waals surface area (Å²) < 4.78 is 10.8. The summed E-state index contributed by atoms with van der Waals surface area (Å²) in [6.07, 6.45) is -1.02. The van der Waals surface area contributed by atoms with E-state index in [1.165, 1.54) is 0 Å². The minimum atomic E-state index is -0.673. The molecule has 0 radical (unpaired) electrons. The van der Waals surface area contributed by atoms with Crippen molar-refractivity contribution < 1.29 is 23.9 Å². The Hall–Kier alpha value is -2.97. The minimum absolute atomic E-state index is 0.0455. The molecule has 2 aliphatic heterocycles. The number of nitrogens with zero attached hydrogens (tertiary/aromatic N) is 3. The van der Waals surface area contributed by atoms with Gasteiger partial charge in [0.2, 0.25) is 5.91 Å². The number of amides is 3. The normalized spacial score (nSPS) is 18.8. The maximum absolute atomic E-state index is 12.8. The molecule has 28 heavy (non-hydrogen) atoms. The van der Waals surface area contributed by atoms with E-state index in [9.17, 15) is 14.4 Å². The number of anilines is 1. The molecule has 2 aliphatic rings. The molecule has 3 rings (SSSR count). The molecule has 3 amide bonds. The Morgan fingerprint density at radius 2 is 1.82 bits per heavy atom. The summed E-state index contributed by atoms with van der Waals surface area (Å²) in [5.74, 6) is 0.313. The largest absolute Gasteiger partial charge is 0.477 e. The zero-order valence-electron chi connectivity index (χ0n) is 16.2. The first-order valence-corrected chi connectivity index (χ1v) is 9.45. The number of rotatable bonds is 4. The van der Waals surface area contributed by atoms with Crippen molar-refractivity contribution >= 4 is 23.6 Å². The van der Waals surface area contributed by atoms with Gasteiger partial charge in [-0.15, -0.1) is 0 Å². The number of hydrogen-bond donors (Lipinski definition) is 1. The Kier molecular flexibility index (Phi) is 6.23. The molecular weight excluding hydrogens is 364 g/mol. The van der Waals surface area contributed by atoms with Crippen LogP contribution in [-0.2, 0) is 14.3 Å². The fraction of sp³-hybridized carbons (Fsp3) is 0.526. The molecule has 1 atom stereocenters. The zero-order chi connectivity index (χ0) is 20.1.